The Morgan fingerprint density at radius 2 is 2.03 bits per heavy atom. The summed E-state index contributed by atoms with van der Waals surface area (Å²) in [6.07, 6.45) is 4.09. The SMILES string of the molecule is CN(C)C(=O)N1C[C@H]2CN(Cc3cn4ccccc4n3)C[C@H]2[C@@H]1c1cccc(F)c1. The first-order chi connectivity index (χ1) is 14.5. The van der Waals surface area contributed by atoms with Gasteiger partial charge in [-0.15, -0.1) is 0 Å². The van der Waals surface area contributed by atoms with E-state index in [1.165, 1.54) is 6.07 Å². The number of hydrogen-bond donors (Lipinski definition) is 0. The minimum atomic E-state index is -0.257. The van der Waals surface area contributed by atoms with Crippen molar-refractivity contribution < 1.29 is 9.18 Å². The van der Waals surface area contributed by atoms with Gasteiger partial charge in [0, 0.05) is 58.6 Å². The highest BCUT2D eigenvalue weighted by atomic mass is 19.1. The lowest BCUT2D eigenvalue weighted by Crippen LogP contribution is -2.41. The highest BCUT2D eigenvalue weighted by Crippen LogP contribution is 2.45. The molecule has 3 aromatic rings. The summed E-state index contributed by atoms with van der Waals surface area (Å²) in [7, 11) is 3.55. The van der Waals surface area contributed by atoms with Crippen LogP contribution in [0.5, 0.6) is 0 Å². The number of fused-ring (bicyclic) bond motifs is 2. The van der Waals surface area contributed by atoms with Crippen molar-refractivity contribution in [2.75, 3.05) is 33.7 Å². The molecule has 30 heavy (non-hydrogen) atoms. The monoisotopic (exact) mass is 407 g/mol. The third-order valence-corrected chi connectivity index (χ3v) is 6.36. The molecule has 2 aromatic heterocycles. The van der Waals surface area contributed by atoms with Crippen LogP contribution in [-0.4, -0.2) is 63.8 Å². The van der Waals surface area contributed by atoms with Gasteiger partial charge in [-0.05, 0) is 35.7 Å². The number of benzene rings is 1. The first-order valence-corrected chi connectivity index (χ1v) is 10.4. The number of urea groups is 1. The largest absolute Gasteiger partial charge is 0.331 e. The van der Waals surface area contributed by atoms with Crippen molar-refractivity contribution in [2.45, 2.75) is 12.6 Å². The number of rotatable bonds is 3. The number of amides is 2. The van der Waals surface area contributed by atoms with Crippen LogP contribution in [0.25, 0.3) is 5.65 Å². The summed E-state index contributed by atoms with van der Waals surface area (Å²) in [5.74, 6) is 0.402. The van der Waals surface area contributed by atoms with E-state index in [1.807, 2.05) is 39.8 Å². The minimum absolute atomic E-state index is 0.00874. The second-order valence-electron chi connectivity index (χ2n) is 8.65. The predicted molar refractivity (Wildman–Crippen MR) is 112 cm³/mol. The zero-order valence-corrected chi connectivity index (χ0v) is 17.3. The van der Waals surface area contributed by atoms with E-state index < -0.39 is 0 Å². The van der Waals surface area contributed by atoms with Crippen LogP contribution in [0.15, 0.2) is 54.9 Å². The van der Waals surface area contributed by atoms with Crippen molar-refractivity contribution in [1.82, 2.24) is 24.1 Å². The van der Waals surface area contributed by atoms with Gasteiger partial charge in [-0.1, -0.05) is 18.2 Å². The van der Waals surface area contributed by atoms with Crippen LogP contribution in [0.1, 0.15) is 17.3 Å². The van der Waals surface area contributed by atoms with E-state index in [9.17, 15) is 9.18 Å². The number of imidazole rings is 1. The molecule has 0 spiro atoms. The summed E-state index contributed by atoms with van der Waals surface area (Å²) >= 11 is 0. The minimum Gasteiger partial charge on any atom is -0.331 e. The van der Waals surface area contributed by atoms with Crippen LogP contribution >= 0.6 is 0 Å². The first-order valence-electron chi connectivity index (χ1n) is 10.4. The van der Waals surface area contributed by atoms with Gasteiger partial charge in [0.2, 0.25) is 0 Å². The van der Waals surface area contributed by atoms with Gasteiger partial charge in [0.15, 0.2) is 0 Å². The maximum Gasteiger partial charge on any atom is 0.320 e. The number of carbonyl (C=O) groups is 1. The molecule has 5 rings (SSSR count). The van der Waals surface area contributed by atoms with Gasteiger partial charge in [-0.2, -0.15) is 0 Å². The predicted octanol–water partition coefficient (Wildman–Crippen LogP) is 3.26. The zero-order chi connectivity index (χ0) is 20.8. The van der Waals surface area contributed by atoms with Crippen molar-refractivity contribution in [3.8, 4) is 0 Å². The van der Waals surface area contributed by atoms with Crippen molar-refractivity contribution in [3.05, 3.63) is 71.9 Å². The maximum atomic E-state index is 14.0. The molecule has 0 saturated carbocycles. The van der Waals surface area contributed by atoms with Gasteiger partial charge in [-0.25, -0.2) is 14.2 Å². The average molecular weight is 407 g/mol. The molecule has 0 radical (unpaired) electrons. The van der Waals surface area contributed by atoms with Crippen LogP contribution in [0.3, 0.4) is 0 Å². The quantitative estimate of drug-likeness (QED) is 0.670. The van der Waals surface area contributed by atoms with Gasteiger partial charge in [0.05, 0.1) is 11.7 Å². The second-order valence-corrected chi connectivity index (χ2v) is 8.65. The van der Waals surface area contributed by atoms with Crippen molar-refractivity contribution in [1.29, 1.82) is 0 Å². The van der Waals surface area contributed by atoms with Gasteiger partial charge in [0.1, 0.15) is 11.5 Å². The fraction of sp³-hybridized carbons (Fsp3) is 0.391. The number of hydrogen-bond acceptors (Lipinski definition) is 3. The lowest BCUT2D eigenvalue weighted by atomic mass is 9.89. The molecule has 0 bridgehead atoms. The smallest absolute Gasteiger partial charge is 0.320 e. The Bertz CT molecular complexity index is 1050. The van der Waals surface area contributed by atoms with Crippen LogP contribution < -0.4 is 0 Å². The molecule has 1 aromatic carbocycles. The first kappa shape index (κ1) is 19.1. The highest BCUT2D eigenvalue weighted by Gasteiger charge is 2.49. The van der Waals surface area contributed by atoms with Crippen molar-refractivity contribution in [3.63, 3.8) is 0 Å². The Labute approximate surface area is 175 Å². The molecule has 2 amide bonds. The average Bonchev–Trinajstić information content (AvgIpc) is 3.38. The Hall–Kier alpha value is -2.93. The third kappa shape index (κ3) is 3.33. The van der Waals surface area contributed by atoms with Gasteiger partial charge >= 0.3 is 6.03 Å². The van der Waals surface area contributed by atoms with Crippen LogP contribution in [0.4, 0.5) is 9.18 Å². The fourth-order valence-electron chi connectivity index (χ4n) is 5.13. The summed E-state index contributed by atoms with van der Waals surface area (Å²) in [6, 6.07) is 12.6. The topological polar surface area (TPSA) is 44.1 Å². The molecule has 2 fully saturated rings. The lowest BCUT2D eigenvalue weighted by molar-refractivity contribution is 0.151. The number of likely N-dealkylation sites (tertiary alicyclic amines) is 2. The summed E-state index contributed by atoms with van der Waals surface area (Å²) in [6.45, 7) is 3.27. The molecule has 3 atom stereocenters. The number of halogens is 1. The van der Waals surface area contributed by atoms with Crippen molar-refractivity contribution in [2.24, 2.45) is 11.8 Å². The van der Waals surface area contributed by atoms with Gasteiger partial charge < -0.3 is 14.2 Å². The van der Waals surface area contributed by atoms with Crippen LogP contribution in [0.2, 0.25) is 0 Å². The Morgan fingerprint density at radius 1 is 1.17 bits per heavy atom. The Morgan fingerprint density at radius 3 is 2.80 bits per heavy atom. The molecule has 2 saturated heterocycles. The molecule has 0 N–H and O–H groups in total. The molecule has 156 valence electrons. The van der Waals surface area contributed by atoms with Crippen LogP contribution in [0, 0.1) is 17.7 Å². The fourth-order valence-corrected chi connectivity index (χ4v) is 5.13. The van der Waals surface area contributed by atoms with E-state index in [2.05, 4.69) is 11.1 Å². The molecule has 6 nitrogen and oxygen atoms in total. The summed E-state index contributed by atoms with van der Waals surface area (Å²) in [5.41, 5.74) is 2.88. The molecule has 0 aliphatic carbocycles. The molecule has 2 aliphatic heterocycles. The molecular formula is C23H26FN5O. The van der Waals surface area contributed by atoms with E-state index in [4.69, 9.17) is 4.98 Å². The van der Waals surface area contributed by atoms with E-state index in [0.29, 0.717) is 12.5 Å². The lowest BCUT2D eigenvalue weighted by Gasteiger charge is -2.31. The molecule has 4 heterocycles. The third-order valence-electron chi connectivity index (χ3n) is 6.36. The van der Waals surface area contributed by atoms with Crippen LogP contribution in [-0.2, 0) is 6.54 Å². The van der Waals surface area contributed by atoms with E-state index in [1.54, 1.807) is 31.1 Å². The van der Waals surface area contributed by atoms with E-state index in [0.717, 1.165) is 36.5 Å². The Balaban J connectivity index is 1.39. The zero-order valence-electron chi connectivity index (χ0n) is 17.3. The van der Waals surface area contributed by atoms with Gasteiger partial charge in [0.25, 0.3) is 0 Å². The summed E-state index contributed by atoms with van der Waals surface area (Å²) in [5, 5.41) is 0. The molecule has 0 unspecified atom stereocenters. The number of aromatic nitrogens is 2. The summed E-state index contributed by atoms with van der Waals surface area (Å²) in [4.78, 5) is 23.5. The number of nitrogens with zero attached hydrogens (tertiary/aromatic N) is 5. The molecule has 7 heteroatoms. The standard InChI is InChI=1S/C23H26FN5O/c1-26(2)23(30)29-12-17-11-27(13-19-14-28-9-4-3-8-21(28)25-19)15-20(17)22(29)16-6-5-7-18(24)10-16/h3-10,14,17,20,22H,11-13,15H2,1-2H3/t17-,20-,22+/m1/s1. The number of carbonyl (C=O) groups excluding carboxylic acids is 1. The summed E-state index contributed by atoms with van der Waals surface area (Å²) < 4.78 is 16.0. The normalized spacial score (nSPS) is 23.8. The Kier molecular flexibility index (Phi) is 4.70. The van der Waals surface area contributed by atoms with Crippen molar-refractivity contribution >= 4 is 11.7 Å². The highest BCUT2D eigenvalue weighted by molar-refractivity contribution is 5.75. The molecule has 2 aliphatic rings. The maximum absolute atomic E-state index is 14.0. The van der Waals surface area contributed by atoms with Gasteiger partial charge in [-0.3, -0.25) is 4.90 Å². The number of pyridine rings is 1. The van der Waals surface area contributed by atoms with E-state index >= 15 is 0 Å². The second kappa shape index (κ2) is 7.40. The van der Waals surface area contributed by atoms with E-state index in [-0.39, 0.29) is 23.8 Å². The molecular weight excluding hydrogens is 381 g/mol.